The minimum atomic E-state index is 0.304. The molecule has 0 saturated carbocycles. The summed E-state index contributed by atoms with van der Waals surface area (Å²) in [5, 5.41) is 7.51. The van der Waals surface area contributed by atoms with Crippen molar-refractivity contribution in [2.75, 3.05) is 0 Å². The molecule has 2 nitrogen and oxygen atoms in total. The van der Waals surface area contributed by atoms with E-state index in [1.807, 2.05) is 30.3 Å². The van der Waals surface area contributed by atoms with Crippen LogP contribution in [-0.2, 0) is 0 Å². The fourth-order valence-electron chi connectivity index (χ4n) is 0.603. The van der Waals surface area contributed by atoms with Gasteiger partial charge in [-0.25, -0.2) is 0 Å². The topological polar surface area (TPSA) is 33.1 Å². The summed E-state index contributed by atoms with van der Waals surface area (Å²) in [5.41, 5.74) is 0. The molecule has 0 aromatic heterocycles. The molecular formula is C9H9NOS. The molecule has 0 saturated heterocycles. The van der Waals surface area contributed by atoms with E-state index in [-0.39, 0.29) is 0 Å². The highest BCUT2D eigenvalue weighted by molar-refractivity contribution is 8.10. The zero-order valence-electron chi connectivity index (χ0n) is 6.49. The fourth-order valence-corrected chi connectivity index (χ4v) is 0.968. The van der Waals surface area contributed by atoms with Crippen LogP contribution in [0.1, 0.15) is 0 Å². The Bertz CT molecular complexity index is 271. The Kier molecular flexibility index (Phi) is 3.41. The maximum absolute atomic E-state index is 7.21. The number of rotatable bonds is 3. The Morgan fingerprint density at radius 2 is 2.08 bits per heavy atom. The number of para-hydroxylation sites is 1. The average molecular weight is 179 g/mol. The van der Waals surface area contributed by atoms with Crippen LogP contribution in [0.2, 0.25) is 0 Å². The lowest BCUT2D eigenvalue weighted by atomic mass is 10.3. The highest BCUT2D eigenvalue weighted by atomic mass is 32.2. The molecule has 0 radical (unpaired) electrons. The summed E-state index contributed by atoms with van der Waals surface area (Å²) in [5.74, 6) is 0.745. The van der Waals surface area contributed by atoms with E-state index in [0.717, 1.165) is 17.8 Å². The van der Waals surface area contributed by atoms with Crippen LogP contribution in [0.4, 0.5) is 0 Å². The quantitative estimate of drug-likeness (QED) is 0.439. The fraction of sp³-hybridized carbons (Fsp3) is 0. The van der Waals surface area contributed by atoms with E-state index < -0.39 is 0 Å². The Balaban J connectivity index is 2.43. The van der Waals surface area contributed by atoms with Crippen LogP contribution < -0.4 is 4.18 Å². The Hall–Kier alpha value is -1.22. The van der Waals surface area contributed by atoms with E-state index in [2.05, 4.69) is 6.58 Å². The third kappa shape index (κ3) is 2.80. The van der Waals surface area contributed by atoms with Gasteiger partial charge in [0, 0.05) is 0 Å². The zero-order valence-corrected chi connectivity index (χ0v) is 7.30. The van der Waals surface area contributed by atoms with Gasteiger partial charge in [0.25, 0.3) is 0 Å². The van der Waals surface area contributed by atoms with Gasteiger partial charge in [-0.1, -0.05) is 24.8 Å². The number of hydrogen-bond acceptors (Lipinski definition) is 3. The second-order valence-corrected chi connectivity index (χ2v) is 2.82. The smallest absolute Gasteiger partial charge is 0.137 e. The summed E-state index contributed by atoms with van der Waals surface area (Å²) in [6.07, 6.45) is 1.44. The van der Waals surface area contributed by atoms with Gasteiger partial charge >= 0.3 is 0 Å². The molecule has 1 aromatic carbocycles. The normalized spacial score (nSPS) is 9.00. The van der Waals surface area contributed by atoms with Crippen molar-refractivity contribution in [1.82, 2.24) is 0 Å². The Labute approximate surface area is 76.0 Å². The summed E-state index contributed by atoms with van der Waals surface area (Å²) in [7, 11) is 0. The molecular weight excluding hydrogens is 170 g/mol. The summed E-state index contributed by atoms with van der Waals surface area (Å²) in [6, 6.07) is 9.35. The van der Waals surface area contributed by atoms with Crippen molar-refractivity contribution in [2.24, 2.45) is 0 Å². The molecule has 1 aromatic rings. The van der Waals surface area contributed by atoms with Crippen LogP contribution in [0.15, 0.2) is 43.0 Å². The van der Waals surface area contributed by atoms with Crippen molar-refractivity contribution >= 4 is 17.1 Å². The monoisotopic (exact) mass is 179 g/mol. The van der Waals surface area contributed by atoms with E-state index in [0.29, 0.717) is 5.04 Å². The van der Waals surface area contributed by atoms with E-state index in [1.54, 1.807) is 0 Å². The van der Waals surface area contributed by atoms with Gasteiger partial charge in [-0.3, -0.25) is 5.41 Å². The molecule has 0 bridgehead atoms. The molecule has 0 unspecified atom stereocenters. The summed E-state index contributed by atoms with van der Waals surface area (Å²) < 4.78 is 5.18. The second-order valence-electron chi connectivity index (χ2n) is 2.05. The molecule has 0 amide bonds. The Morgan fingerprint density at radius 1 is 1.42 bits per heavy atom. The lowest BCUT2D eigenvalue weighted by Crippen LogP contribution is -1.87. The zero-order chi connectivity index (χ0) is 8.81. The van der Waals surface area contributed by atoms with E-state index in [9.17, 15) is 0 Å². The molecule has 0 heterocycles. The molecule has 0 aliphatic carbocycles. The van der Waals surface area contributed by atoms with Crippen LogP contribution in [0.25, 0.3) is 0 Å². The first-order valence-electron chi connectivity index (χ1n) is 3.43. The highest BCUT2D eigenvalue weighted by Gasteiger charge is 1.94. The molecule has 0 aliphatic heterocycles. The van der Waals surface area contributed by atoms with Gasteiger partial charge in [0.15, 0.2) is 0 Å². The first-order chi connectivity index (χ1) is 5.83. The maximum atomic E-state index is 7.21. The van der Waals surface area contributed by atoms with Crippen LogP contribution in [0, 0.1) is 5.41 Å². The van der Waals surface area contributed by atoms with Crippen molar-refractivity contribution in [2.45, 2.75) is 0 Å². The minimum Gasteiger partial charge on any atom is -0.419 e. The standard InChI is InChI=1S/C9H9NOS/c1-2-9(10)12-11-8-6-4-3-5-7-8/h2-7,10H,1H2. The van der Waals surface area contributed by atoms with Gasteiger partial charge in [-0.15, -0.1) is 0 Å². The third-order valence-electron chi connectivity index (χ3n) is 1.16. The van der Waals surface area contributed by atoms with E-state index in [1.165, 1.54) is 6.08 Å². The molecule has 0 spiro atoms. The largest absolute Gasteiger partial charge is 0.419 e. The highest BCUT2D eigenvalue weighted by Crippen LogP contribution is 2.15. The van der Waals surface area contributed by atoms with E-state index in [4.69, 9.17) is 9.59 Å². The minimum absolute atomic E-state index is 0.304. The van der Waals surface area contributed by atoms with Crippen molar-refractivity contribution in [1.29, 1.82) is 5.41 Å². The summed E-state index contributed by atoms with van der Waals surface area (Å²) in [4.78, 5) is 0. The predicted octanol–water partition coefficient (Wildman–Crippen LogP) is 2.88. The van der Waals surface area contributed by atoms with Crippen LogP contribution >= 0.6 is 12.0 Å². The lowest BCUT2D eigenvalue weighted by Gasteiger charge is -2.00. The summed E-state index contributed by atoms with van der Waals surface area (Å²) >= 11 is 0.995. The second kappa shape index (κ2) is 4.62. The maximum Gasteiger partial charge on any atom is 0.137 e. The average Bonchev–Trinajstić information content (AvgIpc) is 2.16. The first kappa shape index (κ1) is 8.87. The number of hydrogen-bond donors (Lipinski definition) is 1. The molecule has 0 aliphatic rings. The SMILES string of the molecule is C=CC(=N)SOc1ccccc1. The van der Waals surface area contributed by atoms with Gasteiger partial charge in [-0.2, -0.15) is 0 Å². The van der Waals surface area contributed by atoms with Gasteiger partial charge in [-0.05, 0) is 18.2 Å². The van der Waals surface area contributed by atoms with Crippen molar-refractivity contribution in [3.63, 3.8) is 0 Å². The van der Waals surface area contributed by atoms with Crippen molar-refractivity contribution in [3.8, 4) is 5.75 Å². The Morgan fingerprint density at radius 3 is 2.67 bits per heavy atom. The molecule has 1 rings (SSSR count). The van der Waals surface area contributed by atoms with Crippen LogP contribution in [-0.4, -0.2) is 5.04 Å². The van der Waals surface area contributed by atoms with Crippen LogP contribution in [0.3, 0.4) is 0 Å². The summed E-state index contributed by atoms with van der Waals surface area (Å²) in [6.45, 7) is 3.45. The van der Waals surface area contributed by atoms with Gasteiger partial charge in [0.05, 0.1) is 0 Å². The van der Waals surface area contributed by atoms with Gasteiger partial charge < -0.3 is 4.18 Å². The third-order valence-corrected chi connectivity index (χ3v) is 1.78. The van der Waals surface area contributed by atoms with Crippen molar-refractivity contribution < 1.29 is 4.18 Å². The van der Waals surface area contributed by atoms with Gasteiger partial charge in [0.2, 0.25) is 0 Å². The number of nitrogens with one attached hydrogen (secondary N) is 1. The van der Waals surface area contributed by atoms with E-state index >= 15 is 0 Å². The van der Waals surface area contributed by atoms with Gasteiger partial charge in [0.1, 0.15) is 22.8 Å². The number of benzene rings is 1. The van der Waals surface area contributed by atoms with Crippen molar-refractivity contribution in [3.05, 3.63) is 43.0 Å². The molecule has 0 atom stereocenters. The molecule has 0 fully saturated rings. The molecule has 12 heavy (non-hydrogen) atoms. The van der Waals surface area contributed by atoms with Crippen LogP contribution in [0.5, 0.6) is 5.75 Å². The first-order valence-corrected chi connectivity index (χ1v) is 4.17. The molecule has 62 valence electrons. The predicted molar refractivity (Wildman–Crippen MR) is 52.6 cm³/mol. The molecule has 3 heteroatoms. The lowest BCUT2D eigenvalue weighted by molar-refractivity contribution is 0.654. The molecule has 1 N–H and O–H groups in total.